The maximum atomic E-state index is 12.8. The fourth-order valence-corrected chi connectivity index (χ4v) is 4.36. The molecule has 5 atom stereocenters. The Morgan fingerprint density at radius 3 is 2.58 bits per heavy atom. The number of hydrogen-bond acceptors (Lipinski definition) is 3. The first kappa shape index (κ1) is 17.6. The van der Waals surface area contributed by atoms with Crippen LogP contribution in [0.4, 0.5) is 4.79 Å². The lowest BCUT2D eigenvalue weighted by Gasteiger charge is -2.33. The molecule has 0 radical (unpaired) electrons. The van der Waals surface area contributed by atoms with Crippen LogP contribution < -0.4 is 5.32 Å². The number of hydrogen-bond donors (Lipinski definition) is 1. The molecule has 1 heterocycles. The molecule has 136 valence electrons. The molecule has 1 saturated heterocycles. The van der Waals surface area contributed by atoms with E-state index >= 15 is 0 Å². The summed E-state index contributed by atoms with van der Waals surface area (Å²) in [7, 11) is 0. The Balaban J connectivity index is 1.60. The highest BCUT2D eigenvalue weighted by Crippen LogP contribution is 2.48. The van der Waals surface area contributed by atoms with E-state index in [9.17, 15) is 9.59 Å². The molecule has 3 fully saturated rings. The highest BCUT2D eigenvalue weighted by molar-refractivity contribution is 5.87. The number of likely N-dealkylation sites (tertiary alicyclic amines) is 1. The van der Waals surface area contributed by atoms with E-state index in [1.54, 1.807) is 4.90 Å². The molecule has 0 bridgehead atoms. The van der Waals surface area contributed by atoms with Crippen molar-refractivity contribution in [1.82, 2.24) is 10.2 Å². The summed E-state index contributed by atoms with van der Waals surface area (Å²) in [6.45, 7) is 7.83. The van der Waals surface area contributed by atoms with Gasteiger partial charge < -0.3 is 10.1 Å². The standard InChI is InChI=1S/C19H32N2O3/c1-5-12-7-6-8-14(9-12)20-17(22)16-11-13-10-15(13)21(16)18(23)24-19(2,3)4/h12-16H,5-11H2,1-4H3,(H,20,22)/t12-,13+,14?,15+,16-/m0/s1. The second-order valence-corrected chi connectivity index (χ2v) is 8.85. The summed E-state index contributed by atoms with van der Waals surface area (Å²) in [5.41, 5.74) is -0.525. The van der Waals surface area contributed by atoms with E-state index in [4.69, 9.17) is 4.74 Å². The minimum absolute atomic E-state index is 0.0230. The molecule has 0 aromatic carbocycles. The van der Waals surface area contributed by atoms with Crippen LogP contribution in [0.2, 0.25) is 0 Å². The van der Waals surface area contributed by atoms with Gasteiger partial charge >= 0.3 is 6.09 Å². The van der Waals surface area contributed by atoms with Crippen molar-refractivity contribution >= 4 is 12.0 Å². The van der Waals surface area contributed by atoms with Crippen LogP contribution in [0.25, 0.3) is 0 Å². The van der Waals surface area contributed by atoms with Gasteiger partial charge in [-0.2, -0.15) is 0 Å². The van der Waals surface area contributed by atoms with Gasteiger partial charge in [0.05, 0.1) is 0 Å². The Labute approximate surface area is 145 Å². The monoisotopic (exact) mass is 336 g/mol. The third-order valence-electron chi connectivity index (χ3n) is 5.72. The molecule has 0 aromatic rings. The second kappa shape index (κ2) is 6.57. The number of fused-ring (bicyclic) bond motifs is 1. The Morgan fingerprint density at radius 1 is 1.17 bits per heavy atom. The van der Waals surface area contributed by atoms with Crippen molar-refractivity contribution in [3.8, 4) is 0 Å². The molecule has 2 aliphatic carbocycles. The number of rotatable bonds is 3. The van der Waals surface area contributed by atoms with Crippen LogP contribution in [-0.4, -0.2) is 40.6 Å². The number of nitrogens with zero attached hydrogens (tertiary/aromatic N) is 1. The minimum Gasteiger partial charge on any atom is -0.444 e. The molecule has 5 heteroatoms. The van der Waals surface area contributed by atoms with Crippen LogP contribution in [0.5, 0.6) is 0 Å². The van der Waals surface area contributed by atoms with Crippen LogP contribution in [0.15, 0.2) is 0 Å². The molecule has 3 rings (SSSR count). The van der Waals surface area contributed by atoms with Crippen LogP contribution in [0.3, 0.4) is 0 Å². The average Bonchev–Trinajstić information content (AvgIpc) is 3.15. The summed E-state index contributed by atoms with van der Waals surface area (Å²) in [6, 6.07) is 0.143. The first-order valence-electron chi connectivity index (χ1n) is 9.60. The van der Waals surface area contributed by atoms with Gasteiger partial charge in [0.25, 0.3) is 0 Å². The fourth-order valence-electron chi connectivity index (χ4n) is 4.36. The number of piperidine rings is 1. The van der Waals surface area contributed by atoms with E-state index < -0.39 is 5.60 Å². The molecular formula is C19H32N2O3. The minimum atomic E-state index is -0.525. The Bertz CT molecular complexity index is 499. The van der Waals surface area contributed by atoms with Gasteiger partial charge in [0.15, 0.2) is 0 Å². The van der Waals surface area contributed by atoms with Gasteiger partial charge in [-0.25, -0.2) is 4.79 Å². The quantitative estimate of drug-likeness (QED) is 0.858. The zero-order chi connectivity index (χ0) is 17.5. The van der Waals surface area contributed by atoms with Gasteiger partial charge in [-0.3, -0.25) is 9.69 Å². The van der Waals surface area contributed by atoms with Gasteiger partial charge in [-0.05, 0) is 58.3 Å². The van der Waals surface area contributed by atoms with Gasteiger partial charge in [-0.1, -0.05) is 26.2 Å². The van der Waals surface area contributed by atoms with E-state index in [2.05, 4.69) is 12.2 Å². The van der Waals surface area contributed by atoms with E-state index in [1.165, 1.54) is 19.3 Å². The number of nitrogens with one attached hydrogen (secondary N) is 1. The van der Waals surface area contributed by atoms with Crippen molar-refractivity contribution < 1.29 is 14.3 Å². The molecule has 2 saturated carbocycles. The van der Waals surface area contributed by atoms with E-state index in [0.29, 0.717) is 5.92 Å². The lowest BCUT2D eigenvalue weighted by atomic mass is 9.84. The molecule has 3 aliphatic rings. The first-order chi connectivity index (χ1) is 11.3. The smallest absolute Gasteiger partial charge is 0.411 e. The Hall–Kier alpha value is -1.26. The van der Waals surface area contributed by atoms with Crippen molar-refractivity contribution in [2.24, 2.45) is 11.8 Å². The lowest BCUT2D eigenvalue weighted by molar-refractivity contribution is -0.127. The van der Waals surface area contributed by atoms with Crippen LogP contribution in [0.1, 0.15) is 72.6 Å². The SMILES string of the molecule is CC[C@H]1CCCC(NC(=O)[C@@H]2C[C@H]3C[C@H]3N2C(=O)OC(C)(C)C)C1. The lowest BCUT2D eigenvalue weighted by Crippen LogP contribution is -2.52. The van der Waals surface area contributed by atoms with E-state index in [1.807, 2.05) is 20.8 Å². The number of carbonyl (C=O) groups excluding carboxylic acids is 2. The Morgan fingerprint density at radius 2 is 1.92 bits per heavy atom. The van der Waals surface area contributed by atoms with E-state index in [0.717, 1.165) is 31.6 Å². The summed E-state index contributed by atoms with van der Waals surface area (Å²) in [6.07, 6.45) is 7.27. The summed E-state index contributed by atoms with van der Waals surface area (Å²) in [5.74, 6) is 1.24. The third-order valence-corrected chi connectivity index (χ3v) is 5.72. The maximum Gasteiger partial charge on any atom is 0.411 e. The normalized spacial score (nSPS) is 35.3. The van der Waals surface area contributed by atoms with E-state index in [-0.39, 0.29) is 30.1 Å². The molecule has 0 spiro atoms. The molecule has 0 aromatic heterocycles. The molecule has 1 N–H and O–H groups in total. The fraction of sp³-hybridized carbons (Fsp3) is 0.895. The molecule has 24 heavy (non-hydrogen) atoms. The van der Waals surface area contributed by atoms with Crippen LogP contribution >= 0.6 is 0 Å². The summed E-state index contributed by atoms with van der Waals surface area (Å²) in [5, 5.41) is 3.23. The highest BCUT2D eigenvalue weighted by Gasteiger charge is 2.57. The highest BCUT2D eigenvalue weighted by atomic mass is 16.6. The van der Waals surface area contributed by atoms with Gasteiger partial charge in [-0.15, -0.1) is 0 Å². The van der Waals surface area contributed by atoms with Crippen LogP contribution in [-0.2, 0) is 9.53 Å². The van der Waals surface area contributed by atoms with Crippen LogP contribution in [0, 0.1) is 11.8 Å². The predicted molar refractivity (Wildman–Crippen MR) is 92.6 cm³/mol. The molecular weight excluding hydrogens is 304 g/mol. The predicted octanol–water partition coefficient (Wildman–Crippen LogP) is 3.47. The number of ether oxygens (including phenoxy) is 1. The third kappa shape index (κ3) is 3.86. The summed E-state index contributed by atoms with van der Waals surface area (Å²) < 4.78 is 5.53. The summed E-state index contributed by atoms with van der Waals surface area (Å²) >= 11 is 0. The average molecular weight is 336 g/mol. The van der Waals surface area contributed by atoms with Gasteiger partial charge in [0.2, 0.25) is 5.91 Å². The molecule has 2 amide bonds. The molecule has 1 unspecified atom stereocenters. The topological polar surface area (TPSA) is 58.6 Å². The zero-order valence-corrected chi connectivity index (χ0v) is 15.5. The summed E-state index contributed by atoms with van der Waals surface area (Å²) in [4.78, 5) is 27.0. The van der Waals surface area contributed by atoms with Crippen molar-refractivity contribution in [1.29, 1.82) is 0 Å². The zero-order valence-electron chi connectivity index (χ0n) is 15.5. The maximum absolute atomic E-state index is 12.8. The first-order valence-corrected chi connectivity index (χ1v) is 9.60. The largest absolute Gasteiger partial charge is 0.444 e. The van der Waals surface area contributed by atoms with Gasteiger partial charge in [0.1, 0.15) is 11.6 Å². The van der Waals surface area contributed by atoms with Crippen molar-refractivity contribution in [2.75, 3.05) is 0 Å². The van der Waals surface area contributed by atoms with Crippen molar-refractivity contribution in [3.05, 3.63) is 0 Å². The Kier molecular flexibility index (Phi) is 4.80. The van der Waals surface area contributed by atoms with Crippen molar-refractivity contribution in [2.45, 2.75) is 96.4 Å². The van der Waals surface area contributed by atoms with Crippen molar-refractivity contribution in [3.63, 3.8) is 0 Å². The second-order valence-electron chi connectivity index (χ2n) is 8.85. The van der Waals surface area contributed by atoms with Gasteiger partial charge in [0, 0.05) is 12.1 Å². The molecule has 5 nitrogen and oxygen atoms in total. The molecule has 1 aliphatic heterocycles. The number of amides is 2. The number of carbonyl (C=O) groups is 2.